The van der Waals surface area contributed by atoms with Crippen molar-refractivity contribution in [3.05, 3.63) is 137 Å². The van der Waals surface area contributed by atoms with E-state index in [0.29, 0.717) is 5.41 Å². The molecule has 0 amide bonds. The van der Waals surface area contributed by atoms with Crippen LogP contribution < -0.4 is 4.74 Å². The first-order valence-corrected chi connectivity index (χ1v) is 15.1. The fraction of sp³-hybridized carbons (Fsp3) is 0.308. The summed E-state index contributed by atoms with van der Waals surface area (Å²) in [6, 6.07) is 28.9. The van der Waals surface area contributed by atoms with Gasteiger partial charge < -0.3 is 4.74 Å². The molecule has 3 aromatic rings. The van der Waals surface area contributed by atoms with E-state index in [9.17, 15) is 0 Å². The van der Waals surface area contributed by atoms with Gasteiger partial charge in [0.1, 0.15) is 11.5 Å². The number of benzene rings is 3. The van der Waals surface area contributed by atoms with Crippen LogP contribution in [0.1, 0.15) is 78.5 Å². The van der Waals surface area contributed by atoms with Crippen molar-refractivity contribution in [2.75, 3.05) is 0 Å². The van der Waals surface area contributed by atoms with Crippen LogP contribution >= 0.6 is 0 Å². The summed E-state index contributed by atoms with van der Waals surface area (Å²) in [6.45, 7) is 19.6. The minimum absolute atomic E-state index is 0.0822. The molecule has 0 N–H and O–H groups in total. The van der Waals surface area contributed by atoms with E-state index in [1.165, 1.54) is 20.5 Å². The van der Waals surface area contributed by atoms with Crippen molar-refractivity contribution in [2.45, 2.75) is 68.7 Å². The molecule has 0 bridgehead atoms. The van der Waals surface area contributed by atoms with E-state index < -0.39 is 0 Å². The van der Waals surface area contributed by atoms with Crippen LogP contribution in [0.4, 0.5) is 0 Å². The smallest absolute Gasteiger partial charge is 0.138 e. The van der Waals surface area contributed by atoms with Gasteiger partial charge in [-0.25, -0.2) is 6.08 Å². The molecule has 0 atom stereocenters. The van der Waals surface area contributed by atoms with Crippen molar-refractivity contribution in [1.29, 1.82) is 0 Å². The third kappa shape index (κ3) is 13.0. The molecule has 4 rings (SSSR count). The second kappa shape index (κ2) is 16.4. The van der Waals surface area contributed by atoms with E-state index in [4.69, 9.17) is 4.74 Å². The van der Waals surface area contributed by atoms with Crippen molar-refractivity contribution < 1.29 is 24.7 Å². The molecule has 0 saturated heterocycles. The van der Waals surface area contributed by atoms with E-state index in [1.807, 2.05) is 48.5 Å². The van der Waals surface area contributed by atoms with Crippen molar-refractivity contribution >= 4 is 15.6 Å². The normalized spacial score (nSPS) is 13.4. The van der Waals surface area contributed by atoms with Crippen LogP contribution in [0.2, 0.25) is 0 Å². The summed E-state index contributed by atoms with van der Waals surface area (Å²) in [5.74, 6) is 1.73. The summed E-state index contributed by atoms with van der Waals surface area (Å²) in [5.41, 5.74) is 6.33. The van der Waals surface area contributed by atoms with Gasteiger partial charge in [0, 0.05) is 11.1 Å². The van der Waals surface area contributed by atoms with E-state index in [1.54, 1.807) is 0 Å². The van der Waals surface area contributed by atoms with Gasteiger partial charge in [0.25, 0.3) is 0 Å². The maximum atomic E-state index is 6.43. The number of rotatable bonds is 5. The fourth-order valence-electron chi connectivity index (χ4n) is 3.91. The van der Waals surface area contributed by atoms with Gasteiger partial charge >= 0.3 is 37.6 Å². The first-order valence-electron chi connectivity index (χ1n) is 14.3. The molecule has 3 aromatic carbocycles. The Morgan fingerprint density at radius 2 is 1.34 bits per heavy atom. The first kappa shape index (κ1) is 34.2. The molecule has 0 fully saturated rings. The van der Waals surface area contributed by atoms with Gasteiger partial charge in [-0.2, -0.15) is 11.6 Å². The van der Waals surface area contributed by atoms with Crippen LogP contribution in [-0.4, -0.2) is 3.81 Å². The second-order valence-electron chi connectivity index (χ2n) is 12.5. The molecule has 0 unspecified atom stereocenters. The first-order chi connectivity index (χ1) is 19.3. The number of para-hydroxylation sites is 1. The van der Waals surface area contributed by atoms with Gasteiger partial charge in [0.05, 0.1) is 0 Å². The Morgan fingerprint density at radius 1 is 0.805 bits per heavy atom. The fourth-order valence-corrected chi connectivity index (χ4v) is 3.91. The molecular formula is C39H47OTi. The summed E-state index contributed by atoms with van der Waals surface area (Å²) < 4.78 is 7.84. The van der Waals surface area contributed by atoms with E-state index in [-0.39, 0.29) is 5.41 Å². The summed E-state index contributed by atoms with van der Waals surface area (Å²) >= 11 is 2.08. The molecular weight excluding hydrogens is 532 g/mol. The average Bonchev–Trinajstić information content (AvgIpc) is 3.46. The Kier molecular flexibility index (Phi) is 13.7. The summed E-state index contributed by atoms with van der Waals surface area (Å²) in [7, 11) is 0. The number of ether oxygens (including phenoxy) is 1. The molecule has 41 heavy (non-hydrogen) atoms. The van der Waals surface area contributed by atoms with Gasteiger partial charge in [-0.3, -0.25) is 6.08 Å². The van der Waals surface area contributed by atoms with Gasteiger partial charge in [0.15, 0.2) is 0 Å². The Balaban J connectivity index is 0.000000374. The van der Waals surface area contributed by atoms with Crippen molar-refractivity contribution in [3.8, 4) is 5.75 Å². The molecule has 0 aromatic heterocycles. The zero-order valence-corrected chi connectivity index (χ0v) is 28.1. The van der Waals surface area contributed by atoms with Gasteiger partial charge in [-0.05, 0) is 30.0 Å². The van der Waals surface area contributed by atoms with Crippen LogP contribution in [0, 0.1) is 23.8 Å². The molecule has 0 radical (unpaired) electrons. The second-order valence-corrected chi connectivity index (χ2v) is 14.0. The largest absolute Gasteiger partial charge is 0.456 e. The molecule has 0 heterocycles. The molecule has 0 spiro atoms. The SMILES string of the molecule is CC(C)(C)C1=CC[C-]=C1.C[C](C)=[Ti+].Cc1ccc(C=CC(=C(Oc2ccccc2)c2ccccc2)C(C)(C)C)cc1. The Hall–Kier alpha value is -3.00. The van der Waals surface area contributed by atoms with Gasteiger partial charge in [-0.15, -0.1) is 6.42 Å². The molecule has 2 heteroatoms. The molecule has 213 valence electrons. The van der Waals surface area contributed by atoms with E-state index in [0.717, 1.165) is 29.1 Å². The monoisotopic (exact) mass is 579 g/mol. The van der Waals surface area contributed by atoms with Gasteiger partial charge in [0.2, 0.25) is 0 Å². The van der Waals surface area contributed by atoms with Crippen molar-refractivity contribution in [1.82, 2.24) is 0 Å². The Bertz CT molecular complexity index is 1340. The van der Waals surface area contributed by atoms with E-state index >= 15 is 0 Å². The number of allylic oxidation sites excluding steroid dienone is 6. The molecule has 1 nitrogen and oxygen atoms in total. The standard InChI is InChI=1S/C27H28O.C9H13.C3H6.Ti/c1-21-15-17-22(18-16-21)19-20-25(27(2,3)4)26(23-11-7-5-8-12-23)28-24-13-9-6-10-14-24;1-9(2,3)8-6-4-5-7-8;1-3-2;/h5-20H,1-4H3;6-7H,4H2,1-3H3;1-2H3;/q;-1;;+1. The molecule has 1 aliphatic carbocycles. The predicted octanol–water partition coefficient (Wildman–Crippen LogP) is 11.0. The van der Waals surface area contributed by atoms with Crippen LogP contribution in [-0.2, 0) is 20.0 Å². The van der Waals surface area contributed by atoms with Crippen molar-refractivity contribution in [2.24, 2.45) is 10.8 Å². The summed E-state index contributed by atoms with van der Waals surface area (Å²) in [5, 5.41) is 0. The van der Waals surface area contributed by atoms with Crippen LogP contribution in [0.25, 0.3) is 11.8 Å². The average molecular weight is 580 g/mol. The minimum Gasteiger partial charge on any atom is -0.456 e. The van der Waals surface area contributed by atoms with Crippen LogP contribution in [0.5, 0.6) is 5.75 Å². The number of hydrogen-bond acceptors (Lipinski definition) is 1. The van der Waals surface area contributed by atoms with Gasteiger partial charge in [-0.1, -0.05) is 137 Å². The maximum Gasteiger partial charge on any atom is 0.138 e. The quantitative estimate of drug-likeness (QED) is 0.126. The molecule has 0 aliphatic heterocycles. The number of aryl methyl sites for hydroxylation is 1. The van der Waals surface area contributed by atoms with E-state index in [2.05, 4.69) is 149 Å². The summed E-state index contributed by atoms with van der Waals surface area (Å²) in [6.07, 6.45) is 12.9. The third-order valence-corrected chi connectivity index (χ3v) is 6.13. The Labute approximate surface area is 261 Å². The Morgan fingerprint density at radius 3 is 1.78 bits per heavy atom. The van der Waals surface area contributed by atoms with Crippen LogP contribution in [0.15, 0.2) is 114 Å². The predicted molar refractivity (Wildman–Crippen MR) is 176 cm³/mol. The minimum atomic E-state index is -0.0822. The van der Waals surface area contributed by atoms with Crippen LogP contribution in [0.3, 0.4) is 0 Å². The maximum absolute atomic E-state index is 6.43. The third-order valence-electron chi connectivity index (χ3n) is 6.13. The molecule has 1 aliphatic rings. The zero-order chi connectivity index (χ0) is 30.5. The number of hydrogen-bond donors (Lipinski definition) is 0. The zero-order valence-electron chi connectivity index (χ0n) is 26.5. The summed E-state index contributed by atoms with van der Waals surface area (Å²) in [4.78, 5) is 0. The molecule has 0 saturated carbocycles. The van der Waals surface area contributed by atoms with Crippen molar-refractivity contribution in [3.63, 3.8) is 0 Å². The topological polar surface area (TPSA) is 9.23 Å².